The molecule has 0 saturated heterocycles. The number of nitrogens with one attached hydrogen (secondary N) is 2. The number of ether oxygens (including phenoxy) is 1. The second kappa shape index (κ2) is 11.8. The highest BCUT2D eigenvalue weighted by Crippen LogP contribution is 2.26. The highest BCUT2D eigenvalue weighted by Gasteiger charge is 2.21. The molecule has 0 unspecified atom stereocenters. The minimum atomic E-state index is -0.0854. The number of pyridine rings is 1. The molecule has 6 heteroatoms. The minimum absolute atomic E-state index is 0. The van der Waals surface area contributed by atoms with Crippen molar-refractivity contribution in [2.75, 3.05) is 26.7 Å². The minimum Gasteiger partial charge on any atom is -0.497 e. The fourth-order valence-electron chi connectivity index (χ4n) is 2.61. The van der Waals surface area contributed by atoms with Crippen molar-refractivity contribution in [1.29, 1.82) is 0 Å². The lowest BCUT2D eigenvalue weighted by Gasteiger charge is -2.24. The molecule has 0 saturated carbocycles. The Morgan fingerprint density at radius 1 is 1.15 bits per heavy atom. The highest BCUT2D eigenvalue weighted by molar-refractivity contribution is 14.0. The molecule has 0 atom stereocenters. The number of methoxy groups -OCH3 is 1. The molecule has 0 aliphatic carbocycles. The number of rotatable bonds is 8. The van der Waals surface area contributed by atoms with Crippen LogP contribution < -0.4 is 15.4 Å². The maximum Gasteiger partial charge on any atom is 0.191 e. The van der Waals surface area contributed by atoms with Gasteiger partial charge in [-0.15, -0.1) is 24.0 Å². The summed E-state index contributed by atoms with van der Waals surface area (Å²) >= 11 is 0. The largest absolute Gasteiger partial charge is 0.497 e. The zero-order valence-electron chi connectivity index (χ0n) is 16.7. The predicted molar refractivity (Wildman–Crippen MR) is 123 cm³/mol. The average molecular weight is 482 g/mol. The van der Waals surface area contributed by atoms with Crippen molar-refractivity contribution >= 4 is 29.9 Å². The molecule has 0 amide bonds. The average Bonchev–Trinajstić information content (AvgIpc) is 2.67. The van der Waals surface area contributed by atoms with Gasteiger partial charge in [0.1, 0.15) is 5.75 Å². The number of guanidine groups is 1. The molecular formula is C21H31IN4O. The van der Waals surface area contributed by atoms with Crippen molar-refractivity contribution in [1.82, 2.24) is 15.6 Å². The Bertz CT molecular complexity index is 704. The van der Waals surface area contributed by atoms with Gasteiger partial charge >= 0.3 is 0 Å². The van der Waals surface area contributed by atoms with Gasteiger partial charge in [0.2, 0.25) is 0 Å². The summed E-state index contributed by atoms with van der Waals surface area (Å²) in [6.07, 6.45) is 2.69. The van der Waals surface area contributed by atoms with E-state index in [-0.39, 0.29) is 29.4 Å². The third kappa shape index (κ3) is 7.74. The smallest absolute Gasteiger partial charge is 0.191 e. The third-order valence-electron chi connectivity index (χ3n) is 4.23. The fraction of sp³-hybridized carbons (Fsp3) is 0.429. The van der Waals surface area contributed by atoms with Crippen molar-refractivity contribution in [3.8, 4) is 5.75 Å². The zero-order valence-corrected chi connectivity index (χ0v) is 19.0. The van der Waals surface area contributed by atoms with Gasteiger partial charge in [-0.1, -0.05) is 32.0 Å². The molecule has 1 aromatic carbocycles. The molecule has 0 aliphatic rings. The van der Waals surface area contributed by atoms with Crippen LogP contribution in [0.4, 0.5) is 0 Å². The first-order valence-corrected chi connectivity index (χ1v) is 9.12. The van der Waals surface area contributed by atoms with Crippen LogP contribution in [-0.4, -0.2) is 37.7 Å². The lowest BCUT2D eigenvalue weighted by molar-refractivity contribution is 0.412. The van der Waals surface area contributed by atoms with Crippen LogP contribution in [0.2, 0.25) is 0 Å². The van der Waals surface area contributed by atoms with Crippen LogP contribution in [-0.2, 0) is 11.8 Å². The van der Waals surface area contributed by atoms with Crippen LogP contribution in [0.1, 0.15) is 32.0 Å². The fourth-order valence-corrected chi connectivity index (χ4v) is 2.61. The van der Waals surface area contributed by atoms with Crippen LogP contribution in [0.25, 0.3) is 0 Å². The van der Waals surface area contributed by atoms with Crippen LogP contribution in [0.5, 0.6) is 5.75 Å². The van der Waals surface area contributed by atoms with E-state index in [1.807, 2.05) is 36.5 Å². The molecular weight excluding hydrogens is 451 g/mol. The normalized spacial score (nSPS) is 11.5. The second-order valence-corrected chi connectivity index (χ2v) is 6.81. The van der Waals surface area contributed by atoms with E-state index in [0.29, 0.717) is 6.54 Å². The number of halogens is 1. The van der Waals surface area contributed by atoms with Crippen molar-refractivity contribution in [3.05, 3.63) is 59.9 Å². The summed E-state index contributed by atoms with van der Waals surface area (Å²) in [5.41, 5.74) is 2.20. The van der Waals surface area contributed by atoms with E-state index in [2.05, 4.69) is 48.5 Å². The second-order valence-electron chi connectivity index (χ2n) is 6.81. The lowest BCUT2D eigenvalue weighted by atomic mass is 9.85. The van der Waals surface area contributed by atoms with Gasteiger partial charge in [0.05, 0.1) is 13.7 Å². The first-order valence-electron chi connectivity index (χ1n) is 9.12. The number of aromatic nitrogens is 1. The number of nitrogens with zero attached hydrogens (tertiary/aromatic N) is 2. The van der Waals surface area contributed by atoms with Crippen molar-refractivity contribution in [2.24, 2.45) is 4.99 Å². The Labute approximate surface area is 180 Å². The van der Waals surface area contributed by atoms with Gasteiger partial charge in [0.15, 0.2) is 5.96 Å². The molecule has 0 radical (unpaired) electrons. The first kappa shape index (κ1) is 23.2. The molecule has 148 valence electrons. The standard InChI is InChI=1S/C21H30N4O.HI/c1-5-22-20(24-14-12-18-10-6-7-13-23-18)25-16-21(2,3)17-9-8-11-19(15-17)26-4;/h6-11,13,15H,5,12,14,16H2,1-4H3,(H2,22,24,25);1H. The molecule has 27 heavy (non-hydrogen) atoms. The van der Waals surface area contributed by atoms with Crippen molar-refractivity contribution in [3.63, 3.8) is 0 Å². The zero-order chi connectivity index (χ0) is 18.8. The molecule has 2 aromatic rings. The third-order valence-corrected chi connectivity index (χ3v) is 4.23. The summed E-state index contributed by atoms with van der Waals surface area (Å²) in [4.78, 5) is 9.13. The molecule has 0 aliphatic heterocycles. The predicted octanol–water partition coefficient (Wildman–Crippen LogP) is 3.78. The Balaban J connectivity index is 0.00000364. The summed E-state index contributed by atoms with van der Waals surface area (Å²) in [6.45, 7) is 8.77. The van der Waals surface area contributed by atoms with Gasteiger partial charge in [-0.2, -0.15) is 0 Å². The van der Waals surface area contributed by atoms with Gasteiger partial charge < -0.3 is 15.4 Å². The summed E-state index contributed by atoms with van der Waals surface area (Å²) in [5.74, 6) is 1.71. The Kier molecular flexibility index (Phi) is 10.1. The monoisotopic (exact) mass is 482 g/mol. The number of aliphatic imine (C=N–C) groups is 1. The summed E-state index contributed by atoms with van der Waals surface area (Å²) < 4.78 is 5.34. The molecule has 1 heterocycles. The van der Waals surface area contributed by atoms with Gasteiger partial charge in [-0.3, -0.25) is 9.98 Å². The van der Waals surface area contributed by atoms with Crippen LogP contribution >= 0.6 is 24.0 Å². The molecule has 1 aromatic heterocycles. The first-order chi connectivity index (χ1) is 12.5. The van der Waals surface area contributed by atoms with Crippen molar-refractivity contribution < 1.29 is 4.74 Å². The number of benzene rings is 1. The van der Waals surface area contributed by atoms with Crippen LogP contribution in [0.3, 0.4) is 0 Å². The quantitative estimate of drug-likeness (QED) is 0.342. The van der Waals surface area contributed by atoms with E-state index in [4.69, 9.17) is 9.73 Å². The van der Waals surface area contributed by atoms with E-state index in [0.717, 1.165) is 36.9 Å². The van der Waals surface area contributed by atoms with Gasteiger partial charge in [0.25, 0.3) is 0 Å². The Morgan fingerprint density at radius 2 is 1.96 bits per heavy atom. The van der Waals surface area contributed by atoms with Gasteiger partial charge in [0, 0.05) is 36.8 Å². The van der Waals surface area contributed by atoms with Gasteiger partial charge in [-0.25, -0.2) is 0 Å². The molecule has 0 fully saturated rings. The molecule has 5 nitrogen and oxygen atoms in total. The van der Waals surface area contributed by atoms with E-state index in [1.165, 1.54) is 5.56 Å². The maximum absolute atomic E-state index is 5.34. The molecule has 0 bridgehead atoms. The van der Waals surface area contributed by atoms with E-state index in [9.17, 15) is 0 Å². The van der Waals surface area contributed by atoms with E-state index >= 15 is 0 Å². The van der Waals surface area contributed by atoms with Crippen LogP contribution in [0.15, 0.2) is 53.7 Å². The number of hydrogen-bond donors (Lipinski definition) is 2. The lowest BCUT2D eigenvalue weighted by Crippen LogP contribution is -2.39. The van der Waals surface area contributed by atoms with Crippen LogP contribution in [0, 0.1) is 0 Å². The number of hydrogen-bond acceptors (Lipinski definition) is 3. The topological polar surface area (TPSA) is 58.5 Å². The van der Waals surface area contributed by atoms with E-state index < -0.39 is 0 Å². The molecule has 2 rings (SSSR count). The summed E-state index contributed by atoms with van der Waals surface area (Å²) in [7, 11) is 1.69. The summed E-state index contributed by atoms with van der Waals surface area (Å²) in [5, 5.41) is 6.70. The van der Waals surface area contributed by atoms with Crippen molar-refractivity contribution in [2.45, 2.75) is 32.6 Å². The highest BCUT2D eigenvalue weighted by atomic mass is 127. The molecule has 2 N–H and O–H groups in total. The Hall–Kier alpha value is -1.83. The molecule has 0 spiro atoms. The van der Waals surface area contributed by atoms with Gasteiger partial charge in [-0.05, 0) is 36.8 Å². The van der Waals surface area contributed by atoms with E-state index in [1.54, 1.807) is 7.11 Å². The summed E-state index contributed by atoms with van der Waals surface area (Å²) in [6, 6.07) is 14.2. The Morgan fingerprint density at radius 3 is 2.63 bits per heavy atom. The SMILES string of the molecule is CCNC(=NCC(C)(C)c1cccc(OC)c1)NCCc1ccccn1.I. The maximum atomic E-state index is 5.34.